The number of amides is 1. The third-order valence-electron chi connectivity index (χ3n) is 3.64. The number of aliphatic hydroxyl groups is 1. The fourth-order valence-corrected chi connectivity index (χ4v) is 7.11. The number of aliphatic hydroxyl groups excluding tert-OH is 1. The Kier molecular flexibility index (Phi) is 4.39. The fraction of sp³-hybridized carbons (Fsp3) is 0.583. The maximum Gasteiger partial charge on any atom is 0.246 e. The zero-order valence-electron chi connectivity index (χ0n) is 11.0. The molecular formula is C12H13NO4S4. The van der Waals surface area contributed by atoms with Gasteiger partial charge in [-0.2, -0.15) is 0 Å². The molecule has 1 N–H and O–H groups in total. The van der Waals surface area contributed by atoms with Gasteiger partial charge in [-0.15, -0.1) is 11.8 Å². The Bertz CT molecular complexity index is 561. The molecule has 3 aliphatic heterocycles. The summed E-state index contributed by atoms with van der Waals surface area (Å²) in [5, 5.41) is 9.17. The Hall–Kier alpha value is -0.0900. The van der Waals surface area contributed by atoms with E-state index in [9.17, 15) is 19.5 Å². The lowest BCUT2D eigenvalue weighted by Crippen LogP contribution is -2.60. The molecule has 0 aromatic heterocycles. The Labute approximate surface area is 140 Å². The molecule has 3 heterocycles. The van der Waals surface area contributed by atoms with Crippen LogP contribution < -0.4 is 0 Å². The molecule has 0 aromatic carbocycles. The van der Waals surface area contributed by atoms with Crippen molar-refractivity contribution in [1.82, 2.24) is 4.90 Å². The van der Waals surface area contributed by atoms with E-state index in [0.29, 0.717) is 12.1 Å². The second-order valence-electron chi connectivity index (χ2n) is 5.06. The molecule has 0 spiro atoms. The van der Waals surface area contributed by atoms with E-state index in [1.165, 1.54) is 40.2 Å². The Morgan fingerprint density at radius 2 is 2.19 bits per heavy atom. The van der Waals surface area contributed by atoms with Crippen LogP contribution >= 0.6 is 47.9 Å². The van der Waals surface area contributed by atoms with E-state index in [1.807, 2.05) is 0 Å². The molecule has 1 amide bonds. The molecule has 9 heteroatoms. The quantitative estimate of drug-likeness (QED) is 0.584. The van der Waals surface area contributed by atoms with Crippen molar-refractivity contribution in [3.8, 4) is 0 Å². The predicted molar refractivity (Wildman–Crippen MR) is 88.3 cm³/mol. The number of carbonyl (C=O) groups is 3. The number of hydrogen-bond acceptors (Lipinski definition) is 7. The van der Waals surface area contributed by atoms with Gasteiger partial charge in [-0.05, 0) is 13.3 Å². The van der Waals surface area contributed by atoms with Crippen LogP contribution in [0.3, 0.4) is 0 Å². The van der Waals surface area contributed by atoms with Gasteiger partial charge in [0, 0.05) is 15.9 Å². The van der Waals surface area contributed by atoms with Crippen LogP contribution in [0.4, 0.5) is 4.79 Å². The number of thioether (sulfide) groups is 3. The molecule has 0 radical (unpaired) electrons. The van der Waals surface area contributed by atoms with Crippen molar-refractivity contribution in [2.24, 2.45) is 5.92 Å². The zero-order valence-corrected chi connectivity index (χ0v) is 14.4. The Morgan fingerprint density at radius 3 is 2.71 bits per heavy atom. The lowest BCUT2D eigenvalue weighted by atomic mass is 9.92. The maximum atomic E-state index is 12.1. The minimum Gasteiger partial charge on any atom is -0.392 e. The van der Waals surface area contributed by atoms with Gasteiger partial charge in [-0.1, -0.05) is 36.2 Å². The number of rotatable bonds is 4. The average molecular weight is 364 g/mol. The average Bonchev–Trinajstić information content (AvgIpc) is 2.91. The third kappa shape index (κ3) is 2.67. The highest BCUT2D eigenvalue weighted by Crippen LogP contribution is 2.53. The smallest absolute Gasteiger partial charge is 0.246 e. The molecule has 3 rings (SSSR count). The molecule has 4 atom stereocenters. The van der Waals surface area contributed by atoms with Gasteiger partial charge in [0.15, 0.2) is 0 Å². The number of nitrogens with zero attached hydrogens (tertiary/aromatic N) is 1. The molecule has 0 bridgehead atoms. The van der Waals surface area contributed by atoms with E-state index >= 15 is 0 Å². The van der Waals surface area contributed by atoms with Gasteiger partial charge in [0.25, 0.3) is 0 Å². The summed E-state index contributed by atoms with van der Waals surface area (Å²) in [4.78, 5) is 37.4. The molecule has 5 nitrogen and oxygen atoms in total. The van der Waals surface area contributed by atoms with Crippen molar-refractivity contribution in [2.45, 2.75) is 30.1 Å². The summed E-state index contributed by atoms with van der Waals surface area (Å²) >= 11 is 7.90. The molecule has 114 valence electrons. The van der Waals surface area contributed by atoms with Crippen molar-refractivity contribution in [3.05, 3.63) is 10.6 Å². The minimum absolute atomic E-state index is 0.101. The van der Waals surface area contributed by atoms with E-state index in [4.69, 9.17) is 0 Å². The lowest BCUT2D eigenvalue weighted by molar-refractivity contribution is -0.153. The molecular weight excluding hydrogens is 350 g/mol. The van der Waals surface area contributed by atoms with Gasteiger partial charge in [0.1, 0.15) is 11.1 Å². The minimum atomic E-state index is -0.736. The van der Waals surface area contributed by atoms with E-state index in [1.54, 1.807) is 6.92 Å². The molecule has 3 aliphatic rings. The van der Waals surface area contributed by atoms with Crippen molar-refractivity contribution < 1.29 is 19.5 Å². The first kappa shape index (κ1) is 15.8. The van der Waals surface area contributed by atoms with Crippen LogP contribution in [-0.2, 0) is 9.59 Å². The summed E-state index contributed by atoms with van der Waals surface area (Å²) in [5.74, 6) is 0.0295. The van der Waals surface area contributed by atoms with Gasteiger partial charge < -0.3 is 5.11 Å². The van der Waals surface area contributed by atoms with Crippen LogP contribution in [0.2, 0.25) is 0 Å². The standard InChI is InChI=1S/C12H13NO4S4/c1-4(14)7-9(15)13-8(11(16)18)6(21-10(7)13)2-5-3-19-12(17)20-5/h4-5,7,10,14H,2-3H2,1H3,(H,16,18)/t4-,5?,7+,10-/m1/s1. The number of allylic oxidation sites excluding steroid dienone is 1. The number of carbonyl (C=O) groups excluding carboxylic acids is 3. The summed E-state index contributed by atoms with van der Waals surface area (Å²) in [6.45, 7) is 1.59. The highest BCUT2D eigenvalue weighted by atomic mass is 32.2. The summed E-state index contributed by atoms with van der Waals surface area (Å²) in [5.41, 5.74) is 0.334. The van der Waals surface area contributed by atoms with E-state index in [0.717, 1.165) is 10.7 Å². The topological polar surface area (TPSA) is 74.7 Å². The summed E-state index contributed by atoms with van der Waals surface area (Å²) in [7, 11) is 0. The van der Waals surface area contributed by atoms with E-state index in [-0.39, 0.29) is 21.0 Å². The predicted octanol–water partition coefficient (Wildman–Crippen LogP) is 1.93. The molecule has 2 fully saturated rings. The fourth-order valence-electron chi connectivity index (χ4n) is 2.67. The van der Waals surface area contributed by atoms with Crippen LogP contribution in [-0.4, -0.2) is 48.0 Å². The SMILES string of the molecule is C[C@@H](O)[C@H]1C(=O)N2C(C(=O)S)=C(CC3CSC(=O)S3)S[C@H]12. The lowest BCUT2D eigenvalue weighted by Gasteiger charge is -2.43. The maximum absolute atomic E-state index is 12.1. The number of hydrogen-bond donors (Lipinski definition) is 2. The van der Waals surface area contributed by atoms with Crippen LogP contribution in [0.5, 0.6) is 0 Å². The third-order valence-corrected chi connectivity index (χ3v) is 7.76. The Balaban J connectivity index is 1.81. The van der Waals surface area contributed by atoms with Crippen LogP contribution in [0, 0.1) is 5.92 Å². The van der Waals surface area contributed by atoms with Crippen molar-refractivity contribution in [2.75, 3.05) is 5.75 Å². The van der Waals surface area contributed by atoms with Crippen LogP contribution in [0.25, 0.3) is 0 Å². The van der Waals surface area contributed by atoms with Gasteiger partial charge in [-0.3, -0.25) is 19.3 Å². The first-order valence-electron chi connectivity index (χ1n) is 6.37. The molecule has 0 saturated carbocycles. The molecule has 0 aromatic rings. The second kappa shape index (κ2) is 5.84. The number of thiol groups is 1. The van der Waals surface area contributed by atoms with Crippen LogP contribution in [0.1, 0.15) is 13.3 Å². The molecule has 1 unspecified atom stereocenters. The van der Waals surface area contributed by atoms with Crippen molar-refractivity contribution >= 4 is 63.4 Å². The molecule has 21 heavy (non-hydrogen) atoms. The largest absolute Gasteiger partial charge is 0.392 e. The van der Waals surface area contributed by atoms with Gasteiger partial charge >= 0.3 is 0 Å². The molecule has 0 aliphatic carbocycles. The summed E-state index contributed by atoms with van der Waals surface area (Å²) in [6.07, 6.45) is -0.150. The highest BCUT2D eigenvalue weighted by Gasteiger charge is 2.57. The zero-order chi connectivity index (χ0) is 15.3. The summed E-state index contributed by atoms with van der Waals surface area (Å²) < 4.78 is 0.101. The number of fused-ring (bicyclic) bond motifs is 1. The number of β-lactam (4-membered cyclic amide) rings is 1. The normalized spacial score (nSPS) is 33.3. The monoisotopic (exact) mass is 363 g/mol. The Morgan fingerprint density at radius 1 is 1.48 bits per heavy atom. The van der Waals surface area contributed by atoms with E-state index < -0.39 is 17.1 Å². The van der Waals surface area contributed by atoms with E-state index in [2.05, 4.69) is 12.6 Å². The first-order chi connectivity index (χ1) is 9.90. The van der Waals surface area contributed by atoms with Gasteiger partial charge in [-0.25, -0.2) is 0 Å². The van der Waals surface area contributed by atoms with Crippen molar-refractivity contribution in [3.63, 3.8) is 0 Å². The second-order valence-corrected chi connectivity index (χ2v) is 9.21. The van der Waals surface area contributed by atoms with Gasteiger partial charge in [0.2, 0.25) is 15.5 Å². The van der Waals surface area contributed by atoms with Crippen LogP contribution in [0.15, 0.2) is 10.6 Å². The van der Waals surface area contributed by atoms with Crippen molar-refractivity contribution in [1.29, 1.82) is 0 Å². The summed E-state index contributed by atoms with van der Waals surface area (Å²) in [6, 6.07) is 0. The van der Waals surface area contributed by atoms with Gasteiger partial charge in [0.05, 0.1) is 12.0 Å². The molecule has 2 saturated heterocycles. The first-order valence-corrected chi connectivity index (χ1v) is 9.57. The highest BCUT2D eigenvalue weighted by molar-refractivity contribution is 8.41.